The van der Waals surface area contributed by atoms with Gasteiger partial charge in [-0.3, -0.25) is 10.2 Å². The topological polar surface area (TPSA) is 96.2 Å². The third kappa shape index (κ3) is 5.75. The zero-order valence-corrected chi connectivity index (χ0v) is 21.8. The lowest BCUT2D eigenvalue weighted by molar-refractivity contribution is -0.130. The number of amides is 1. The van der Waals surface area contributed by atoms with Gasteiger partial charge in [-0.2, -0.15) is 4.98 Å². The maximum absolute atomic E-state index is 12.9. The summed E-state index contributed by atoms with van der Waals surface area (Å²) < 4.78 is 16.2. The Morgan fingerprint density at radius 3 is 2.43 bits per heavy atom. The maximum Gasteiger partial charge on any atom is 0.324 e. The highest BCUT2D eigenvalue weighted by molar-refractivity contribution is 6.30. The van der Waals surface area contributed by atoms with E-state index >= 15 is 0 Å². The largest absolute Gasteiger partial charge is 0.493 e. The molecule has 0 radical (unpaired) electrons. The molecule has 0 spiro atoms. The van der Waals surface area contributed by atoms with Crippen LogP contribution in [0.15, 0.2) is 47.0 Å². The van der Waals surface area contributed by atoms with Crippen molar-refractivity contribution < 1.29 is 18.8 Å². The predicted octanol–water partition coefficient (Wildman–Crippen LogP) is 3.48. The van der Waals surface area contributed by atoms with Crippen molar-refractivity contribution in [3.63, 3.8) is 0 Å². The Bertz CT molecular complexity index is 1220. The first kappa shape index (κ1) is 25.2. The Kier molecular flexibility index (Phi) is 7.66. The number of nitrogens with zero attached hydrogens (tertiary/aromatic N) is 5. The number of anilines is 2. The number of halogens is 1. The summed E-state index contributed by atoms with van der Waals surface area (Å²) in [7, 11) is 3.18. The lowest BCUT2D eigenvalue weighted by atomic mass is 9.96. The number of ether oxygens (including phenoxy) is 2. The number of hydrogen-bond donors (Lipinski definition) is 1. The number of aromatic nitrogens is 2. The van der Waals surface area contributed by atoms with Gasteiger partial charge in [-0.25, -0.2) is 5.01 Å². The maximum atomic E-state index is 12.9. The molecule has 2 fully saturated rings. The molecule has 5 rings (SSSR count). The molecule has 196 valence electrons. The molecule has 3 aromatic rings. The van der Waals surface area contributed by atoms with Crippen LogP contribution in [0.1, 0.15) is 12.8 Å². The minimum absolute atomic E-state index is 0.0459. The molecular weight excluding hydrogens is 496 g/mol. The minimum atomic E-state index is -0.0459. The van der Waals surface area contributed by atoms with Gasteiger partial charge in [0, 0.05) is 61.5 Å². The SMILES string of the molecule is COc1ccc(-c2noc(N3CCC(C(=O)NN4CCN(c5cccc(Cl)c5)CC4)CC3)n2)cc1OC. The number of methoxy groups -OCH3 is 2. The fraction of sp³-hybridized carbons (Fsp3) is 0.423. The van der Waals surface area contributed by atoms with Gasteiger partial charge in [0.25, 0.3) is 0 Å². The molecule has 3 heterocycles. The number of piperidine rings is 1. The highest BCUT2D eigenvalue weighted by Gasteiger charge is 2.29. The molecule has 10 nitrogen and oxygen atoms in total. The Hall–Kier alpha value is -3.50. The summed E-state index contributed by atoms with van der Waals surface area (Å²) in [5.41, 5.74) is 5.01. The van der Waals surface area contributed by atoms with E-state index in [4.69, 9.17) is 25.6 Å². The van der Waals surface area contributed by atoms with Crippen molar-refractivity contribution in [2.75, 3.05) is 63.3 Å². The number of piperazine rings is 1. The van der Waals surface area contributed by atoms with E-state index in [9.17, 15) is 4.79 Å². The van der Waals surface area contributed by atoms with Crippen molar-refractivity contribution in [3.05, 3.63) is 47.5 Å². The number of carbonyl (C=O) groups is 1. The van der Waals surface area contributed by atoms with Crippen molar-refractivity contribution in [2.45, 2.75) is 12.8 Å². The Morgan fingerprint density at radius 1 is 0.973 bits per heavy atom. The molecule has 0 unspecified atom stereocenters. The normalized spacial score (nSPS) is 17.1. The molecule has 1 aromatic heterocycles. The standard InChI is InChI=1S/C26H31ClN6O4/c1-35-22-7-6-19(16-23(22)36-2)24-28-26(37-30-24)32-10-8-18(9-11-32)25(34)29-33-14-12-31(13-15-33)21-5-3-4-20(27)17-21/h3-7,16-18H,8-15H2,1-2H3,(H,29,34). The van der Waals surface area contributed by atoms with Gasteiger partial charge < -0.3 is 23.8 Å². The summed E-state index contributed by atoms with van der Waals surface area (Å²) >= 11 is 6.13. The quantitative estimate of drug-likeness (QED) is 0.496. The van der Waals surface area contributed by atoms with E-state index in [1.165, 1.54) is 0 Å². The molecule has 2 aliphatic rings. The second-order valence-corrected chi connectivity index (χ2v) is 9.60. The van der Waals surface area contributed by atoms with Crippen molar-refractivity contribution in [1.29, 1.82) is 0 Å². The second-order valence-electron chi connectivity index (χ2n) is 9.16. The summed E-state index contributed by atoms with van der Waals surface area (Å²) in [6, 6.07) is 13.8. The van der Waals surface area contributed by atoms with Crippen LogP contribution in [0.3, 0.4) is 0 Å². The van der Waals surface area contributed by atoms with Crippen LogP contribution in [-0.4, -0.2) is 74.5 Å². The Morgan fingerprint density at radius 2 is 1.73 bits per heavy atom. The van der Waals surface area contributed by atoms with Gasteiger partial charge in [-0.1, -0.05) is 22.8 Å². The molecule has 0 saturated carbocycles. The van der Waals surface area contributed by atoms with Crippen LogP contribution in [0, 0.1) is 5.92 Å². The van der Waals surface area contributed by atoms with Crippen molar-refractivity contribution in [3.8, 4) is 22.9 Å². The minimum Gasteiger partial charge on any atom is -0.493 e. The molecule has 1 amide bonds. The highest BCUT2D eigenvalue weighted by Crippen LogP contribution is 2.32. The van der Waals surface area contributed by atoms with E-state index in [0.717, 1.165) is 55.3 Å². The predicted molar refractivity (Wildman–Crippen MR) is 141 cm³/mol. The number of hydrogen-bond acceptors (Lipinski definition) is 9. The first-order chi connectivity index (χ1) is 18.0. The highest BCUT2D eigenvalue weighted by atomic mass is 35.5. The summed E-state index contributed by atoms with van der Waals surface area (Å²) in [6.07, 6.45) is 1.45. The van der Waals surface area contributed by atoms with Crippen LogP contribution in [0.5, 0.6) is 11.5 Å². The van der Waals surface area contributed by atoms with Crippen LogP contribution in [-0.2, 0) is 4.79 Å². The molecule has 0 atom stereocenters. The molecular formula is C26H31ClN6O4. The summed E-state index contributed by atoms with van der Waals surface area (Å²) in [6.45, 7) is 4.54. The molecule has 0 bridgehead atoms. The average molecular weight is 527 g/mol. The average Bonchev–Trinajstić information content (AvgIpc) is 3.43. The van der Waals surface area contributed by atoms with E-state index in [1.807, 2.05) is 46.3 Å². The van der Waals surface area contributed by atoms with Gasteiger partial charge in [0.05, 0.1) is 14.2 Å². The van der Waals surface area contributed by atoms with Crippen LogP contribution in [0.4, 0.5) is 11.7 Å². The van der Waals surface area contributed by atoms with Gasteiger partial charge in [0.2, 0.25) is 11.7 Å². The summed E-state index contributed by atoms with van der Waals surface area (Å²) in [5.74, 6) is 1.75. The van der Waals surface area contributed by atoms with E-state index < -0.39 is 0 Å². The van der Waals surface area contributed by atoms with Crippen molar-refractivity contribution in [1.82, 2.24) is 20.6 Å². The zero-order chi connectivity index (χ0) is 25.8. The number of hydrazine groups is 1. The number of nitrogens with one attached hydrogen (secondary N) is 1. The van der Waals surface area contributed by atoms with Gasteiger partial charge in [0.1, 0.15) is 0 Å². The van der Waals surface area contributed by atoms with E-state index in [0.29, 0.717) is 36.4 Å². The van der Waals surface area contributed by atoms with Crippen LogP contribution < -0.4 is 24.7 Å². The fourth-order valence-corrected chi connectivity index (χ4v) is 4.95. The molecule has 2 aromatic carbocycles. The van der Waals surface area contributed by atoms with E-state index in [-0.39, 0.29) is 11.8 Å². The Balaban J connectivity index is 1.10. The second kappa shape index (κ2) is 11.3. The van der Waals surface area contributed by atoms with E-state index in [2.05, 4.69) is 26.5 Å². The van der Waals surface area contributed by atoms with Crippen molar-refractivity contribution in [2.24, 2.45) is 5.92 Å². The number of carbonyl (C=O) groups excluding carboxylic acids is 1. The molecule has 11 heteroatoms. The number of benzene rings is 2. The first-order valence-corrected chi connectivity index (χ1v) is 12.8. The van der Waals surface area contributed by atoms with Gasteiger partial charge >= 0.3 is 6.01 Å². The third-order valence-corrected chi connectivity index (χ3v) is 7.15. The number of rotatable bonds is 7. The monoisotopic (exact) mass is 526 g/mol. The summed E-state index contributed by atoms with van der Waals surface area (Å²) in [5, 5.41) is 6.89. The summed E-state index contributed by atoms with van der Waals surface area (Å²) in [4.78, 5) is 21.8. The Labute approximate surface area is 221 Å². The molecule has 2 aliphatic heterocycles. The van der Waals surface area contributed by atoms with E-state index in [1.54, 1.807) is 14.2 Å². The van der Waals surface area contributed by atoms with Gasteiger partial charge in [-0.05, 0) is 49.2 Å². The van der Waals surface area contributed by atoms with Gasteiger partial charge in [-0.15, -0.1) is 0 Å². The molecule has 1 N–H and O–H groups in total. The smallest absolute Gasteiger partial charge is 0.324 e. The first-order valence-electron chi connectivity index (χ1n) is 12.4. The molecule has 0 aliphatic carbocycles. The van der Waals surface area contributed by atoms with Crippen LogP contribution in [0.2, 0.25) is 5.02 Å². The zero-order valence-electron chi connectivity index (χ0n) is 21.0. The van der Waals surface area contributed by atoms with Crippen molar-refractivity contribution >= 4 is 29.2 Å². The fourth-order valence-electron chi connectivity index (χ4n) is 4.77. The lowest BCUT2D eigenvalue weighted by Gasteiger charge is -2.37. The van der Waals surface area contributed by atoms with Gasteiger partial charge in [0.15, 0.2) is 11.5 Å². The van der Waals surface area contributed by atoms with Crippen LogP contribution in [0.25, 0.3) is 11.4 Å². The lowest BCUT2D eigenvalue weighted by Crippen LogP contribution is -2.55. The molecule has 37 heavy (non-hydrogen) atoms. The van der Waals surface area contributed by atoms with Crippen LogP contribution >= 0.6 is 11.6 Å². The third-order valence-electron chi connectivity index (χ3n) is 6.91. The molecule has 2 saturated heterocycles.